The van der Waals surface area contributed by atoms with Crippen LogP contribution in [0.4, 0.5) is 52.7 Å². The van der Waals surface area contributed by atoms with E-state index in [2.05, 4.69) is 0 Å². The summed E-state index contributed by atoms with van der Waals surface area (Å²) < 4.78 is 143. The summed E-state index contributed by atoms with van der Waals surface area (Å²) >= 11 is 0. The van der Waals surface area contributed by atoms with Gasteiger partial charge in [0, 0.05) is 6.08 Å². The van der Waals surface area contributed by atoms with E-state index in [1.165, 1.54) is 0 Å². The Morgan fingerprint density at radius 1 is 0.421 bits per heavy atom. The normalized spacial score (nSPS) is 16.2. The van der Waals surface area contributed by atoms with Gasteiger partial charge in [0.2, 0.25) is 0 Å². The van der Waals surface area contributed by atoms with E-state index in [-0.39, 0.29) is 0 Å². The fourth-order valence-electron chi connectivity index (χ4n) is 0.985. The molecule has 12 heteroatoms. The van der Waals surface area contributed by atoms with Crippen LogP contribution < -0.4 is 0 Å². The van der Waals surface area contributed by atoms with Gasteiger partial charge in [0.05, 0.1) is 0 Å². The molecule has 0 aromatic rings. The fraction of sp³-hybridized carbons (Fsp3) is 0.714. The van der Waals surface area contributed by atoms with Crippen molar-refractivity contribution in [2.24, 2.45) is 5.41 Å². The smallest absolute Gasteiger partial charge is 0.169 e. The average Bonchev–Trinajstić information content (AvgIpc) is 1.92. The van der Waals surface area contributed by atoms with E-state index in [0.717, 1.165) is 0 Å². The summed E-state index contributed by atoms with van der Waals surface area (Å²) in [4.78, 5) is 0. The van der Waals surface area contributed by atoms with Crippen molar-refractivity contribution in [2.45, 2.75) is 24.7 Å². The number of rotatable bonds is 1. The molecular weight excluding hydrogens is 312 g/mol. The number of hydrogen-bond acceptors (Lipinski definition) is 0. The molecule has 0 aliphatic carbocycles. The van der Waals surface area contributed by atoms with Crippen LogP contribution >= 0.6 is 0 Å². The lowest BCUT2D eigenvalue weighted by Crippen LogP contribution is -2.58. The SMILES string of the molecule is FC(F)(F)C=CC(C(F)(F)F)(C(F)(F)F)C(F)(F)F. The largest absolute Gasteiger partial charge is 0.415 e. The van der Waals surface area contributed by atoms with E-state index in [1.54, 1.807) is 0 Å². The van der Waals surface area contributed by atoms with E-state index in [0.29, 0.717) is 0 Å². The molecule has 0 saturated heterocycles. The number of hydrogen-bond donors (Lipinski definition) is 0. The maximum atomic E-state index is 12.1. The van der Waals surface area contributed by atoms with Gasteiger partial charge in [-0.25, -0.2) is 0 Å². The molecule has 0 saturated carbocycles. The highest BCUT2D eigenvalue weighted by Gasteiger charge is 2.82. The molecule has 0 radical (unpaired) electrons. The Balaban J connectivity index is 6.21. The summed E-state index contributed by atoms with van der Waals surface area (Å²) in [7, 11) is 0. The maximum absolute atomic E-state index is 12.1. The van der Waals surface area contributed by atoms with Crippen molar-refractivity contribution in [3.63, 3.8) is 0 Å². The third kappa shape index (κ3) is 3.47. The number of alkyl halides is 12. The van der Waals surface area contributed by atoms with Crippen LogP contribution in [0.3, 0.4) is 0 Å². The van der Waals surface area contributed by atoms with Gasteiger partial charge in [-0.3, -0.25) is 0 Å². The summed E-state index contributed by atoms with van der Waals surface area (Å²) in [5.74, 6) is 0. The van der Waals surface area contributed by atoms with Crippen molar-refractivity contribution < 1.29 is 52.7 Å². The zero-order chi connectivity index (χ0) is 15.9. The highest BCUT2D eigenvalue weighted by Crippen LogP contribution is 2.60. The average molecular weight is 314 g/mol. The Bertz CT molecular complexity index is 297. The molecule has 0 aromatic heterocycles. The fourth-order valence-corrected chi connectivity index (χ4v) is 0.985. The van der Waals surface area contributed by atoms with Gasteiger partial charge in [0.25, 0.3) is 5.41 Å². The van der Waals surface area contributed by atoms with Crippen LogP contribution in [-0.2, 0) is 0 Å². The summed E-state index contributed by atoms with van der Waals surface area (Å²) in [6, 6.07) is 0. The molecule has 0 fully saturated rings. The minimum Gasteiger partial charge on any atom is -0.169 e. The minimum absolute atomic E-state index is 1.75. The van der Waals surface area contributed by atoms with Crippen LogP contribution in [0.5, 0.6) is 0 Å². The maximum Gasteiger partial charge on any atom is 0.415 e. The van der Waals surface area contributed by atoms with Crippen LogP contribution in [0.1, 0.15) is 0 Å². The highest BCUT2D eigenvalue weighted by atomic mass is 19.4. The van der Waals surface area contributed by atoms with Crippen molar-refractivity contribution >= 4 is 0 Å². The van der Waals surface area contributed by atoms with Crippen molar-refractivity contribution in [3.05, 3.63) is 12.2 Å². The first-order chi connectivity index (χ1) is 7.96. The molecule has 0 nitrogen and oxygen atoms in total. The Kier molecular flexibility index (Phi) is 4.22. The van der Waals surface area contributed by atoms with Gasteiger partial charge in [-0.2, -0.15) is 52.7 Å². The third-order valence-corrected chi connectivity index (χ3v) is 1.86. The molecule has 0 aliphatic heterocycles. The lowest BCUT2D eigenvalue weighted by molar-refractivity contribution is -0.407. The van der Waals surface area contributed by atoms with Gasteiger partial charge in [-0.15, -0.1) is 0 Å². The predicted molar refractivity (Wildman–Crippen MR) is 35.8 cm³/mol. The molecule has 0 rings (SSSR count). The van der Waals surface area contributed by atoms with Gasteiger partial charge in [-0.1, -0.05) is 0 Å². The zero-order valence-corrected chi connectivity index (χ0v) is 8.19. The van der Waals surface area contributed by atoms with Gasteiger partial charge in [-0.05, 0) is 6.08 Å². The summed E-state index contributed by atoms with van der Waals surface area (Å²) in [5, 5.41) is 0. The quantitative estimate of drug-likeness (QED) is 0.483. The van der Waals surface area contributed by atoms with Crippen LogP contribution in [0.25, 0.3) is 0 Å². The molecule has 0 N–H and O–H groups in total. The van der Waals surface area contributed by atoms with Crippen molar-refractivity contribution in [1.29, 1.82) is 0 Å². The molecule has 0 unspecified atom stereocenters. The molecule has 0 atom stereocenters. The number of allylic oxidation sites excluding steroid dienone is 2. The lowest BCUT2D eigenvalue weighted by Gasteiger charge is -2.36. The van der Waals surface area contributed by atoms with E-state index < -0.39 is 42.3 Å². The molecule has 114 valence electrons. The molecule has 0 aromatic carbocycles. The Morgan fingerprint density at radius 3 is 0.842 bits per heavy atom. The van der Waals surface area contributed by atoms with Crippen molar-refractivity contribution in [2.75, 3.05) is 0 Å². The van der Waals surface area contributed by atoms with Gasteiger partial charge in [0.1, 0.15) is 0 Å². The van der Waals surface area contributed by atoms with Crippen molar-refractivity contribution in [1.82, 2.24) is 0 Å². The first-order valence-electron chi connectivity index (χ1n) is 3.93. The van der Waals surface area contributed by atoms with Gasteiger partial charge >= 0.3 is 24.7 Å². The molecular formula is C7H2F12. The first-order valence-corrected chi connectivity index (χ1v) is 3.93. The first kappa shape index (κ1) is 17.9. The van der Waals surface area contributed by atoms with Crippen LogP contribution in [0.15, 0.2) is 12.2 Å². The standard InChI is InChI=1S/C7H2F12/c8-4(9,10)2-1-3(5(11,12)13,6(14,15)16)7(17,18)19/h1-2H. The van der Waals surface area contributed by atoms with Gasteiger partial charge < -0.3 is 0 Å². The van der Waals surface area contributed by atoms with E-state index in [9.17, 15) is 52.7 Å². The number of halogens is 12. The monoisotopic (exact) mass is 314 g/mol. The van der Waals surface area contributed by atoms with E-state index >= 15 is 0 Å². The second-order valence-electron chi connectivity index (χ2n) is 3.18. The van der Waals surface area contributed by atoms with Crippen molar-refractivity contribution in [3.8, 4) is 0 Å². The Hall–Kier alpha value is -1.10. The zero-order valence-electron chi connectivity index (χ0n) is 8.19. The predicted octanol–water partition coefficient (Wildman–Crippen LogP) is 4.78. The van der Waals surface area contributed by atoms with Crippen LogP contribution in [0.2, 0.25) is 0 Å². The minimum atomic E-state index is -7.04. The topological polar surface area (TPSA) is 0 Å². The lowest BCUT2D eigenvalue weighted by atomic mass is 9.84. The van der Waals surface area contributed by atoms with E-state index in [1.807, 2.05) is 0 Å². The molecule has 0 spiro atoms. The summed E-state index contributed by atoms with van der Waals surface area (Å²) in [5.41, 5.74) is -6.58. The second kappa shape index (κ2) is 4.47. The molecule has 0 amide bonds. The van der Waals surface area contributed by atoms with Gasteiger partial charge in [0.15, 0.2) is 0 Å². The highest BCUT2D eigenvalue weighted by molar-refractivity contribution is 5.14. The molecule has 0 heterocycles. The Morgan fingerprint density at radius 2 is 0.684 bits per heavy atom. The third-order valence-electron chi connectivity index (χ3n) is 1.86. The molecule has 19 heavy (non-hydrogen) atoms. The summed E-state index contributed by atoms with van der Waals surface area (Å²) in [6.45, 7) is 0. The second-order valence-corrected chi connectivity index (χ2v) is 3.18. The molecule has 0 aliphatic rings. The van der Waals surface area contributed by atoms with E-state index in [4.69, 9.17) is 0 Å². The van der Waals surface area contributed by atoms with Crippen LogP contribution in [0, 0.1) is 5.41 Å². The Labute approximate surface area is 96.2 Å². The van der Waals surface area contributed by atoms with Crippen LogP contribution in [-0.4, -0.2) is 24.7 Å². The molecule has 0 bridgehead atoms. The summed E-state index contributed by atoms with van der Waals surface area (Å²) in [6.07, 6.45) is -30.6.